The van der Waals surface area contributed by atoms with Crippen LogP contribution in [0, 0.1) is 23.4 Å². The number of fused-ring (bicyclic) bond motifs is 2. The van der Waals surface area contributed by atoms with E-state index in [-0.39, 0.29) is 44.5 Å². The molecule has 0 spiro atoms. The van der Waals surface area contributed by atoms with Gasteiger partial charge in [-0.1, -0.05) is 6.92 Å². The molecule has 0 radical (unpaired) electrons. The number of nitrogens with one attached hydrogen (secondary N) is 1. The lowest BCUT2D eigenvalue weighted by Crippen LogP contribution is -2.28. The Morgan fingerprint density at radius 1 is 1.06 bits per heavy atom. The van der Waals surface area contributed by atoms with Gasteiger partial charge in [-0.2, -0.15) is 0 Å². The second kappa shape index (κ2) is 6.96. The Morgan fingerprint density at radius 3 is 2.48 bits per heavy atom. The summed E-state index contributed by atoms with van der Waals surface area (Å²) in [5, 5.41) is -0.275. The third-order valence-corrected chi connectivity index (χ3v) is 6.69. The number of anilines is 1. The molecule has 2 atom stereocenters. The lowest BCUT2D eigenvalue weighted by atomic mass is 10.1. The molecule has 5 rings (SSSR count). The monoisotopic (exact) mass is 446 g/mol. The van der Waals surface area contributed by atoms with Gasteiger partial charge in [0.1, 0.15) is 27.7 Å². The molecule has 1 fully saturated rings. The molecule has 2 aromatic heterocycles. The van der Waals surface area contributed by atoms with E-state index in [9.17, 15) is 18.4 Å². The van der Waals surface area contributed by atoms with Crippen molar-refractivity contribution in [3.05, 3.63) is 68.4 Å². The Hall–Kier alpha value is -3.11. The smallest absolute Gasteiger partial charge is 0.271 e. The van der Waals surface area contributed by atoms with E-state index in [1.165, 1.54) is 16.7 Å². The van der Waals surface area contributed by atoms with Crippen LogP contribution in [0.25, 0.3) is 26.8 Å². The van der Waals surface area contributed by atoms with Crippen LogP contribution in [0.3, 0.4) is 0 Å². The van der Waals surface area contributed by atoms with Gasteiger partial charge in [0.2, 0.25) is 5.43 Å². The van der Waals surface area contributed by atoms with Crippen molar-refractivity contribution in [3.63, 3.8) is 0 Å². The van der Waals surface area contributed by atoms with E-state index in [4.69, 9.17) is 5.73 Å². The van der Waals surface area contributed by atoms with Gasteiger partial charge in [0, 0.05) is 25.2 Å². The van der Waals surface area contributed by atoms with E-state index in [0.29, 0.717) is 19.2 Å². The molecule has 1 saturated heterocycles. The molecule has 31 heavy (non-hydrogen) atoms. The normalized spacial score (nSPS) is 19.1. The predicted molar refractivity (Wildman–Crippen MR) is 115 cm³/mol. The number of nitrogens with zero attached hydrogens (tertiary/aromatic N) is 2. The van der Waals surface area contributed by atoms with Crippen molar-refractivity contribution in [2.24, 2.45) is 11.7 Å². The van der Waals surface area contributed by atoms with Gasteiger partial charge in [-0.25, -0.2) is 13.2 Å². The first-order valence-electron chi connectivity index (χ1n) is 9.61. The fourth-order valence-corrected chi connectivity index (χ4v) is 5.01. The second-order valence-corrected chi connectivity index (χ2v) is 8.64. The number of hydrogen-bond donors (Lipinski definition) is 2. The van der Waals surface area contributed by atoms with Crippen LogP contribution in [0.5, 0.6) is 0 Å². The number of aromatic nitrogens is 2. The fraction of sp³-hybridized carbons (Fsp3) is 0.238. The molecule has 1 aliphatic rings. The summed E-state index contributed by atoms with van der Waals surface area (Å²) in [4.78, 5) is 27.2. The van der Waals surface area contributed by atoms with E-state index < -0.39 is 28.4 Å². The quantitative estimate of drug-likeness (QED) is 0.496. The molecule has 2 aromatic carbocycles. The van der Waals surface area contributed by atoms with Crippen LogP contribution in [0.2, 0.25) is 0 Å². The van der Waals surface area contributed by atoms with Gasteiger partial charge in [-0.15, -0.1) is 0 Å². The van der Waals surface area contributed by atoms with E-state index in [1.54, 1.807) is 4.90 Å². The van der Waals surface area contributed by atoms with Gasteiger partial charge in [0.15, 0.2) is 0 Å². The van der Waals surface area contributed by atoms with Crippen LogP contribution in [-0.2, 0) is 0 Å². The average Bonchev–Trinajstić information content (AvgIpc) is 3.26. The highest BCUT2D eigenvalue weighted by Crippen LogP contribution is 2.33. The zero-order valence-electron chi connectivity index (χ0n) is 16.3. The lowest BCUT2D eigenvalue weighted by Gasteiger charge is -2.21. The summed E-state index contributed by atoms with van der Waals surface area (Å²) in [5.41, 5.74) is 5.17. The van der Waals surface area contributed by atoms with Gasteiger partial charge >= 0.3 is 0 Å². The largest absolute Gasteiger partial charge is 0.367 e. The molecule has 1 aliphatic heterocycles. The van der Waals surface area contributed by atoms with Crippen LogP contribution in [-0.4, -0.2) is 28.1 Å². The van der Waals surface area contributed by atoms with Crippen LogP contribution >= 0.6 is 11.5 Å². The summed E-state index contributed by atoms with van der Waals surface area (Å²) in [6.07, 6.45) is 0. The Labute approximate surface area is 177 Å². The molecule has 10 heteroatoms. The van der Waals surface area contributed by atoms with E-state index in [1.807, 2.05) is 6.92 Å². The molecule has 6 nitrogen and oxygen atoms in total. The number of hydrogen-bond acceptors (Lipinski definition) is 5. The molecule has 3 heterocycles. The van der Waals surface area contributed by atoms with Crippen molar-refractivity contribution >= 4 is 38.3 Å². The Bertz CT molecular complexity index is 1470. The number of benzene rings is 2. The third kappa shape index (κ3) is 2.97. The fourth-order valence-electron chi connectivity index (χ4n) is 4.15. The van der Waals surface area contributed by atoms with E-state index in [0.717, 1.165) is 23.7 Å². The van der Waals surface area contributed by atoms with Gasteiger partial charge in [0.25, 0.3) is 5.56 Å². The van der Waals surface area contributed by atoms with E-state index in [2.05, 4.69) is 4.37 Å². The summed E-state index contributed by atoms with van der Waals surface area (Å²) >= 11 is 0.858. The first-order valence-corrected chi connectivity index (χ1v) is 10.4. The van der Waals surface area contributed by atoms with Crippen LogP contribution in [0.1, 0.15) is 6.92 Å². The predicted octanol–water partition coefficient (Wildman–Crippen LogP) is 3.09. The van der Waals surface area contributed by atoms with Crippen LogP contribution in [0.4, 0.5) is 18.9 Å². The van der Waals surface area contributed by atoms with Crippen molar-refractivity contribution < 1.29 is 13.2 Å². The van der Waals surface area contributed by atoms with Gasteiger partial charge < -0.3 is 10.6 Å². The molecule has 2 unspecified atom stereocenters. The summed E-state index contributed by atoms with van der Waals surface area (Å²) in [5.74, 6) is -2.14. The number of rotatable bonds is 2. The zero-order chi connectivity index (χ0) is 22.0. The molecule has 0 aliphatic carbocycles. The average molecular weight is 446 g/mol. The Balaban J connectivity index is 1.90. The van der Waals surface area contributed by atoms with Gasteiger partial charge in [-0.3, -0.25) is 18.5 Å². The van der Waals surface area contributed by atoms with Gasteiger partial charge in [-0.05, 0) is 41.7 Å². The van der Waals surface area contributed by atoms with Crippen LogP contribution in [0.15, 0.2) is 39.9 Å². The Morgan fingerprint density at radius 2 is 1.81 bits per heavy atom. The summed E-state index contributed by atoms with van der Waals surface area (Å²) < 4.78 is 47.2. The Kier molecular flexibility index (Phi) is 4.45. The molecule has 3 N–H and O–H groups in total. The van der Waals surface area contributed by atoms with Crippen LogP contribution < -0.4 is 21.6 Å². The number of halogens is 3. The first kappa shape index (κ1) is 19.8. The van der Waals surface area contributed by atoms with Crippen molar-refractivity contribution in [3.8, 4) is 5.69 Å². The molecule has 0 bridgehead atoms. The second-order valence-electron chi connectivity index (χ2n) is 7.84. The molecule has 0 saturated carbocycles. The number of H-pyrrole nitrogens is 1. The standard InChI is InChI=1S/C21H17F3N4O2S/c1-9-7-27(8-14(9)25)17-6-16-11(5-13(17)24)19(29)18-20(30)26-31-21(18)28(16)15-3-2-10(22)4-12(15)23/h2-6,9,14H,7-8,25H2,1H3,(H,26,30). The maximum absolute atomic E-state index is 15.1. The summed E-state index contributed by atoms with van der Waals surface area (Å²) in [7, 11) is 0. The van der Waals surface area contributed by atoms with E-state index >= 15 is 4.39 Å². The highest BCUT2D eigenvalue weighted by Gasteiger charge is 2.29. The van der Waals surface area contributed by atoms with Crippen molar-refractivity contribution in [1.82, 2.24) is 8.94 Å². The zero-order valence-corrected chi connectivity index (χ0v) is 17.1. The molecular formula is C21H17F3N4O2S. The lowest BCUT2D eigenvalue weighted by molar-refractivity contribution is 0.565. The summed E-state index contributed by atoms with van der Waals surface area (Å²) in [6, 6.07) is 5.40. The molecule has 160 valence electrons. The summed E-state index contributed by atoms with van der Waals surface area (Å²) in [6.45, 7) is 2.92. The van der Waals surface area contributed by atoms with Crippen molar-refractivity contribution in [2.75, 3.05) is 18.0 Å². The minimum Gasteiger partial charge on any atom is -0.367 e. The topological polar surface area (TPSA) is 84.1 Å². The molecule has 4 aromatic rings. The number of nitrogens with two attached hydrogens (primary N) is 1. The maximum Gasteiger partial charge on any atom is 0.271 e. The number of pyridine rings is 1. The molecular weight excluding hydrogens is 429 g/mol. The maximum atomic E-state index is 15.1. The minimum atomic E-state index is -0.880. The van der Waals surface area contributed by atoms with Gasteiger partial charge in [0.05, 0.1) is 22.3 Å². The van der Waals surface area contributed by atoms with Crippen molar-refractivity contribution in [1.29, 1.82) is 0 Å². The molecule has 0 amide bonds. The number of aromatic amines is 1. The van der Waals surface area contributed by atoms with Crippen molar-refractivity contribution in [2.45, 2.75) is 13.0 Å². The highest BCUT2D eigenvalue weighted by molar-refractivity contribution is 7.12. The minimum absolute atomic E-state index is 0.0595. The SMILES string of the molecule is CC1CN(c2cc3c(cc2F)c(=O)c2c(=O)[nH]sc2n3-c2ccc(F)cc2F)CC1N. The highest BCUT2D eigenvalue weighted by atomic mass is 32.1. The first-order chi connectivity index (χ1) is 14.8. The third-order valence-electron chi connectivity index (χ3n) is 5.82.